The zero-order chi connectivity index (χ0) is 18.8. The Morgan fingerprint density at radius 2 is 2.07 bits per heavy atom. The molecular formula is C23H22O5. The summed E-state index contributed by atoms with van der Waals surface area (Å²) >= 11 is 0. The van der Waals surface area contributed by atoms with Crippen LogP contribution in [0.3, 0.4) is 0 Å². The van der Waals surface area contributed by atoms with Gasteiger partial charge < -0.3 is 19.7 Å². The van der Waals surface area contributed by atoms with Crippen LogP contribution in [0.5, 0.6) is 11.5 Å². The highest BCUT2D eigenvalue weighted by Crippen LogP contribution is 2.90. The average molecular weight is 378 g/mol. The second-order valence-electron chi connectivity index (χ2n) is 9.60. The fourth-order valence-corrected chi connectivity index (χ4v) is 8.03. The van der Waals surface area contributed by atoms with E-state index in [1.165, 1.54) is 5.57 Å². The Hall–Kier alpha value is -2.27. The van der Waals surface area contributed by atoms with Crippen LogP contribution < -0.4 is 9.47 Å². The van der Waals surface area contributed by atoms with Crippen molar-refractivity contribution in [2.75, 3.05) is 6.79 Å². The minimum atomic E-state index is -0.697. The lowest BCUT2D eigenvalue weighted by atomic mass is 9.48. The van der Waals surface area contributed by atoms with Crippen LogP contribution in [-0.4, -0.2) is 29.1 Å². The molecule has 0 bridgehead atoms. The Balaban J connectivity index is 1.33. The van der Waals surface area contributed by atoms with Crippen LogP contribution in [0.4, 0.5) is 0 Å². The number of hydrogen-bond acceptors (Lipinski definition) is 4. The molecule has 144 valence electrons. The third-order valence-corrected chi connectivity index (χ3v) is 8.96. The number of rotatable bonds is 3. The van der Waals surface area contributed by atoms with Crippen LogP contribution in [0.15, 0.2) is 36.4 Å². The normalized spacial score (nSPS) is 47.7. The molecule has 0 saturated heterocycles. The second-order valence-corrected chi connectivity index (χ2v) is 9.60. The summed E-state index contributed by atoms with van der Waals surface area (Å²) in [5.74, 6) is 2.72. The zero-order valence-electron chi connectivity index (χ0n) is 15.4. The third kappa shape index (κ3) is 1.52. The number of allylic oxidation sites excluding steroid dienone is 3. The van der Waals surface area contributed by atoms with Gasteiger partial charge in [-0.2, -0.15) is 0 Å². The fourth-order valence-electron chi connectivity index (χ4n) is 8.03. The van der Waals surface area contributed by atoms with Gasteiger partial charge in [-0.15, -0.1) is 0 Å². The summed E-state index contributed by atoms with van der Waals surface area (Å²) in [6, 6.07) is 6.06. The van der Waals surface area contributed by atoms with Crippen LogP contribution in [0.25, 0.3) is 5.57 Å². The molecule has 5 heteroatoms. The third-order valence-electron chi connectivity index (χ3n) is 8.96. The molecule has 6 aliphatic rings. The summed E-state index contributed by atoms with van der Waals surface area (Å²) in [7, 11) is 0. The van der Waals surface area contributed by atoms with Gasteiger partial charge in [0.25, 0.3) is 0 Å². The van der Waals surface area contributed by atoms with Crippen molar-refractivity contribution in [3.8, 4) is 11.5 Å². The predicted molar refractivity (Wildman–Crippen MR) is 99.5 cm³/mol. The van der Waals surface area contributed by atoms with Crippen molar-refractivity contribution in [1.82, 2.24) is 0 Å². The topological polar surface area (TPSA) is 76.0 Å². The number of aliphatic hydroxyl groups is 1. The number of benzene rings is 1. The zero-order valence-corrected chi connectivity index (χ0v) is 15.4. The van der Waals surface area contributed by atoms with Crippen molar-refractivity contribution >= 4 is 11.5 Å². The van der Waals surface area contributed by atoms with E-state index < -0.39 is 12.1 Å². The molecule has 8 atom stereocenters. The summed E-state index contributed by atoms with van der Waals surface area (Å²) in [6.45, 7) is 0.257. The Morgan fingerprint density at radius 1 is 1.21 bits per heavy atom. The maximum absolute atomic E-state index is 11.4. The predicted octanol–water partition coefficient (Wildman–Crippen LogP) is 3.09. The lowest BCUT2D eigenvalue weighted by Crippen LogP contribution is -2.52. The fraction of sp³-hybridized carbons (Fsp3) is 0.522. The Kier molecular flexibility index (Phi) is 2.60. The van der Waals surface area contributed by atoms with E-state index in [1.807, 2.05) is 12.1 Å². The SMILES string of the molecule is O=C(O)C[C@@H]1[C@H]2C=C[C@H]3C(c4ccc5c(c4)OCO5)=C[C@@H](O)C45C[C@H]1[C@@H]2[C@@]34C5. The van der Waals surface area contributed by atoms with E-state index in [-0.39, 0.29) is 30.0 Å². The van der Waals surface area contributed by atoms with Crippen molar-refractivity contribution in [3.63, 3.8) is 0 Å². The summed E-state index contributed by atoms with van der Waals surface area (Å²) in [6.07, 6.45) is 8.53. The molecule has 0 aromatic heterocycles. The summed E-state index contributed by atoms with van der Waals surface area (Å²) in [5.41, 5.74) is 2.36. The Morgan fingerprint density at radius 3 is 2.93 bits per heavy atom. The molecule has 3 saturated carbocycles. The molecule has 1 unspecified atom stereocenters. The molecule has 3 fully saturated rings. The van der Waals surface area contributed by atoms with Gasteiger partial charge in [-0.1, -0.05) is 24.3 Å². The summed E-state index contributed by atoms with van der Waals surface area (Å²) < 4.78 is 11.0. The smallest absolute Gasteiger partial charge is 0.303 e. The summed E-state index contributed by atoms with van der Waals surface area (Å²) in [4.78, 5) is 11.4. The van der Waals surface area contributed by atoms with E-state index in [1.54, 1.807) is 0 Å². The lowest BCUT2D eigenvalue weighted by Gasteiger charge is -2.56. The van der Waals surface area contributed by atoms with Gasteiger partial charge in [-0.25, -0.2) is 0 Å². The first kappa shape index (κ1) is 15.6. The van der Waals surface area contributed by atoms with Crippen LogP contribution >= 0.6 is 0 Å². The molecule has 0 amide bonds. The number of aliphatic hydroxyl groups excluding tert-OH is 1. The summed E-state index contributed by atoms with van der Waals surface area (Å²) in [5, 5.41) is 20.5. The highest BCUT2D eigenvalue weighted by atomic mass is 16.7. The molecule has 1 aromatic carbocycles. The van der Waals surface area contributed by atoms with E-state index >= 15 is 0 Å². The molecule has 5 aliphatic carbocycles. The van der Waals surface area contributed by atoms with Crippen LogP contribution in [0.1, 0.15) is 24.8 Å². The van der Waals surface area contributed by atoms with Crippen LogP contribution in [0, 0.1) is 40.4 Å². The van der Waals surface area contributed by atoms with Crippen molar-refractivity contribution in [2.24, 2.45) is 40.4 Å². The van der Waals surface area contributed by atoms with Gasteiger partial charge in [-0.3, -0.25) is 4.79 Å². The largest absolute Gasteiger partial charge is 0.481 e. The Bertz CT molecular complexity index is 995. The maximum atomic E-state index is 11.4. The van der Waals surface area contributed by atoms with E-state index in [9.17, 15) is 15.0 Å². The van der Waals surface area contributed by atoms with Gasteiger partial charge in [0, 0.05) is 17.8 Å². The molecule has 7 rings (SSSR count). The highest BCUT2D eigenvalue weighted by Gasteiger charge is 2.86. The maximum Gasteiger partial charge on any atom is 0.303 e. The van der Waals surface area contributed by atoms with Gasteiger partial charge in [0.2, 0.25) is 6.79 Å². The number of ether oxygens (including phenoxy) is 2. The second kappa shape index (κ2) is 4.65. The Labute approximate surface area is 162 Å². The standard InChI is InChI=1S/C23H22O5/c24-19-6-13(11-1-4-17-18(5-11)28-10-27-17)16-3-2-12-14(7-20(25)26)15-8-22(19)9-23(16,22)21(12)15/h1-6,12,14-16,19,21,24H,7-10H2,(H,25,26)/t12-,14-,15-,16+,19-,21-,22?,23-/m1/s1. The highest BCUT2D eigenvalue weighted by molar-refractivity contribution is 5.76. The van der Waals surface area contributed by atoms with Crippen molar-refractivity contribution in [2.45, 2.75) is 25.4 Å². The van der Waals surface area contributed by atoms with Gasteiger partial charge in [-0.05, 0) is 65.2 Å². The van der Waals surface area contributed by atoms with Crippen LogP contribution in [0.2, 0.25) is 0 Å². The molecule has 1 spiro atoms. The van der Waals surface area contributed by atoms with E-state index in [4.69, 9.17) is 9.47 Å². The molecule has 28 heavy (non-hydrogen) atoms. The number of fused-ring (bicyclic) bond motifs is 1. The minimum Gasteiger partial charge on any atom is -0.481 e. The van der Waals surface area contributed by atoms with Crippen LogP contribution in [-0.2, 0) is 4.79 Å². The number of carbonyl (C=O) groups is 1. The molecule has 1 aromatic rings. The van der Waals surface area contributed by atoms with E-state index in [0.717, 1.165) is 29.9 Å². The molecule has 0 radical (unpaired) electrons. The van der Waals surface area contributed by atoms with Crippen molar-refractivity contribution < 1.29 is 24.5 Å². The van der Waals surface area contributed by atoms with Crippen molar-refractivity contribution in [3.05, 3.63) is 42.0 Å². The van der Waals surface area contributed by atoms with Gasteiger partial charge in [0.05, 0.1) is 6.10 Å². The monoisotopic (exact) mass is 378 g/mol. The van der Waals surface area contributed by atoms with E-state index in [2.05, 4.69) is 24.3 Å². The van der Waals surface area contributed by atoms with E-state index in [0.29, 0.717) is 23.7 Å². The number of carboxylic acids is 1. The molecule has 2 N–H and O–H groups in total. The van der Waals surface area contributed by atoms with Gasteiger partial charge in [0.1, 0.15) is 0 Å². The molecule has 1 aliphatic heterocycles. The quantitative estimate of drug-likeness (QED) is 0.791. The number of hydrogen-bond donors (Lipinski definition) is 2. The molecular weight excluding hydrogens is 356 g/mol. The number of aliphatic carboxylic acids is 1. The van der Waals surface area contributed by atoms with Gasteiger partial charge in [0.15, 0.2) is 11.5 Å². The van der Waals surface area contributed by atoms with Gasteiger partial charge >= 0.3 is 5.97 Å². The average Bonchev–Trinajstić information content (AvgIpc) is 2.99. The molecule has 5 nitrogen and oxygen atoms in total. The first-order valence-corrected chi connectivity index (χ1v) is 10.3. The number of carboxylic acid groups (broad SMARTS) is 1. The van der Waals surface area contributed by atoms with Crippen molar-refractivity contribution in [1.29, 1.82) is 0 Å². The minimum absolute atomic E-state index is 0.0386. The molecule has 1 heterocycles. The first-order valence-electron chi connectivity index (χ1n) is 10.3. The first-order chi connectivity index (χ1) is 13.5. The lowest BCUT2D eigenvalue weighted by molar-refractivity contribution is -0.143.